The number of ether oxygens (including phenoxy) is 1. The van der Waals surface area contributed by atoms with E-state index in [0.29, 0.717) is 19.6 Å². The molecule has 1 amide bonds. The molecule has 0 radical (unpaired) electrons. The molecule has 2 unspecified atom stereocenters. The Labute approximate surface area is 108 Å². The van der Waals surface area contributed by atoms with E-state index in [-0.39, 0.29) is 23.5 Å². The summed E-state index contributed by atoms with van der Waals surface area (Å²) in [5, 5.41) is 9.48. The first-order valence-electron chi connectivity index (χ1n) is 6.56. The lowest BCUT2D eigenvalue weighted by atomic mass is 9.92. The highest BCUT2D eigenvalue weighted by Gasteiger charge is 2.68. The quantitative estimate of drug-likeness (QED) is 0.771. The van der Waals surface area contributed by atoms with E-state index >= 15 is 0 Å². The third-order valence-corrected chi connectivity index (χ3v) is 4.38. The molecule has 2 rings (SSSR count). The van der Waals surface area contributed by atoms with Crippen LogP contribution in [0.4, 0.5) is 4.79 Å². The van der Waals surface area contributed by atoms with Gasteiger partial charge < -0.3 is 20.5 Å². The lowest BCUT2D eigenvalue weighted by molar-refractivity contribution is 0.0278. The third-order valence-electron chi connectivity index (χ3n) is 4.38. The lowest BCUT2D eigenvalue weighted by Gasteiger charge is -2.25. The molecule has 0 aromatic heterocycles. The number of carbonyl (C=O) groups is 1. The van der Waals surface area contributed by atoms with Gasteiger partial charge in [0.1, 0.15) is 5.60 Å². The molecule has 1 spiro atoms. The minimum Gasteiger partial charge on any atom is -0.444 e. The van der Waals surface area contributed by atoms with Crippen molar-refractivity contribution in [1.82, 2.24) is 4.90 Å². The van der Waals surface area contributed by atoms with Gasteiger partial charge in [-0.05, 0) is 39.0 Å². The molecule has 5 nitrogen and oxygen atoms in total. The van der Waals surface area contributed by atoms with Crippen molar-refractivity contribution >= 4 is 6.09 Å². The van der Waals surface area contributed by atoms with Gasteiger partial charge in [-0.15, -0.1) is 0 Å². The molecule has 0 bridgehead atoms. The van der Waals surface area contributed by atoms with E-state index in [1.54, 1.807) is 4.90 Å². The van der Waals surface area contributed by atoms with Gasteiger partial charge in [-0.1, -0.05) is 0 Å². The predicted octanol–water partition coefficient (Wildman–Crippen LogP) is 0.955. The largest absolute Gasteiger partial charge is 0.444 e. The first kappa shape index (κ1) is 13.6. The molecule has 2 fully saturated rings. The summed E-state index contributed by atoms with van der Waals surface area (Å²) in [6.45, 7) is 7.58. The summed E-state index contributed by atoms with van der Waals surface area (Å²) < 4.78 is 5.37. The van der Waals surface area contributed by atoms with Gasteiger partial charge in [0, 0.05) is 25.0 Å². The molecule has 1 saturated carbocycles. The van der Waals surface area contributed by atoms with Crippen LogP contribution in [0, 0.1) is 10.8 Å². The average molecular weight is 256 g/mol. The Morgan fingerprint density at radius 3 is 2.61 bits per heavy atom. The summed E-state index contributed by atoms with van der Waals surface area (Å²) in [5.74, 6) is 0. The summed E-state index contributed by atoms with van der Waals surface area (Å²) in [7, 11) is 0. The molecule has 2 atom stereocenters. The van der Waals surface area contributed by atoms with Crippen molar-refractivity contribution in [3.05, 3.63) is 0 Å². The molecule has 1 aliphatic carbocycles. The van der Waals surface area contributed by atoms with Gasteiger partial charge in [-0.3, -0.25) is 0 Å². The minimum atomic E-state index is -0.460. The molecule has 1 aliphatic heterocycles. The van der Waals surface area contributed by atoms with Crippen molar-refractivity contribution in [2.45, 2.75) is 39.2 Å². The van der Waals surface area contributed by atoms with Gasteiger partial charge in [0.2, 0.25) is 0 Å². The van der Waals surface area contributed by atoms with Crippen LogP contribution in [0.3, 0.4) is 0 Å². The zero-order valence-corrected chi connectivity index (χ0v) is 11.5. The number of nitrogens with two attached hydrogens (primary N) is 1. The molecular weight excluding hydrogens is 232 g/mol. The number of aliphatic hydroxyl groups is 1. The first-order valence-corrected chi connectivity index (χ1v) is 6.56. The van der Waals surface area contributed by atoms with Crippen molar-refractivity contribution in [3.8, 4) is 0 Å². The Kier molecular flexibility index (Phi) is 3.10. The van der Waals surface area contributed by atoms with Crippen LogP contribution >= 0.6 is 0 Å². The number of carbonyl (C=O) groups excluding carboxylic acids is 1. The molecular formula is C13H24N2O3. The number of likely N-dealkylation sites (tertiary alicyclic amines) is 1. The second-order valence-corrected chi connectivity index (χ2v) is 6.75. The average Bonchev–Trinajstić information content (AvgIpc) is 2.65. The molecule has 2 aliphatic rings. The fraction of sp³-hybridized carbons (Fsp3) is 0.923. The number of hydrogen-bond donors (Lipinski definition) is 2. The SMILES string of the molecule is CC(C)(C)OC(=O)N1CCC2(C1)CC2(CN)CO. The molecule has 1 heterocycles. The molecule has 18 heavy (non-hydrogen) atoms. The van der Waals surface area contributed by atoms with Gasteiger partial charge in [-0.25, -0.2) is 4.79 Å². The number of rotatable bonds is 2. The molecule has 104 valence electrons. The van der Waals surface area contributed by atoms with Crippen molar-refractivity contribution in [2.24, 2.45) is 16.6 Å². The van der Waals surface area contributed by atoms with E-state index in [4.69, 9.17) is 10.5 Å². The first-order chi connectivity index (χ1) is 8.27. The highest BCUT2D eigenvalue weighted by molar-refractivity contribution is 5.68. The fourth-order valence-electron chi connectivity index (χ4n) is 3.11. The van der Waals surface area contributed by atoms with Crippen LogP contribution in [0.2, 0.25) is 0 Å². The Balaban J connectivity index is 1.96. The number of amides is 1. The summed E-state index contributed by atoms with van der Waals surface area (Å²) in [6.07, 6.45) is 1.59. The van der Waals surface area contributed by atoms with Gasteiger partial charge in [0.25, 0.3) is 0 Å². The topological polar surface area (TPSA) is 75.8 Å². The van der Waals surface area contributed by atoms with E-state index < -0.39 is 5.60 Å². The Hall–Kier alpha value is -0.810. The van der Waals surface area contributed by atoms with Crippen LogP contribution in [0.15, 0.2) is 0 Å². The van der Waals surface area contributed by atoms with Crippen molar-refractivity contribution in [2.75, 3.05) is 26.2 Å². The second-order valence-electron chi connectivity index (χ2n) is 6.75. The number of aliphatic hydroxyl groups excluding tert-OH is 1. The normalized spacial score (nSPS) is 35.1. The Bertz CT molecular complexity index is 347. The minimum absolute atomic E-state index is 0.0351. The van der Waals surface area contributed by atoms with Crippen LogP contribution in [0.25, 0.3) is 0 Å². The van der Waals surface area contributed by atoms with Gasteiger partial charge in [-0.2, -0.15) is 0 Å². The zero-order valence-electron chi connectivity index (χ0n) is 11.5. The van der Waals surface area contributed by atoms with Crippen LogP contribution in [0.1, 0.15) is 33.6 Å². The smallest absolute Gasteiger partial charge is 0.410 e. The van der Waals surface area contributed by atoms with E-state index in [1.165, 1.54) is 0 Å². The van der Waals surface area contributed by atoms with Crippen LogP contribution in [-0.4, -0.2) is 47.9 Å². The van der Waals surface area contributed by atoms with Crippen molar-refractivity contribution in [1.29, 1.82) is 0 Å². The highest BCUT2D eigenvalue weighted by Crippen LogP contribution is 2.67. The Morgan fingerprint density at radius 2 is 2.17 bits per heavy atom. The fourth-order valence-corrected chi connectivity index (χ4v) is 3.11. The monoisotopic (exact) mass is 256 g/mol. The number of nitrogens with zero attached hydrogens (tertiary/aromatic N) is 1. The Morgan fingerprint density at radius 1 is 1.50 bits per heavy atom. The molecule has 0 aromatic carbocycles. The highest BCUT2D eigenvalue weighted by atomic mass is 16.6. The summed E-state index contributed by atoms with van der Waals surface area (Å²) in [6, 6.07) is 0. The van der Waals surface area contributed by atoms with Gasteiger partial charge in [0.05, 0.1) is 6.61 Å². The second kappa shape index (κ2) is 4.10. The van der Waals surface area contributed by atoms with Gasteiger partial charge in [0.15, 0.2) is 0 Å². The van der Waals surface area contributed by atoms with E-state index in [0.717, 1.165) is 12.8 Å². The van der Waals surface area contributed by atoms with E-state index in [1.807, 2.05) is 20.8 Å². The molecule has 1 saturated heterocycles. The van der Waals surface area contributed by atoms with Crippen molar-refractivity contribution in [3.63, 3.8) is 0 Å². The van der Waals surface area contributed by atoms with Crippen LogP contribution in [0.5, 0.6) is 0 Å². The molecule has 0 aromatic rings. The van der Waals surface area contributed by atoms with E-state index in [9.17, 15) is 9.90 Å². The predicted molar refractivity (Wildman–Crippen MR) is 68.0 cm³/mol. The van der Waals surface area contributed by atoms with Crippen LogP contribution in [-0.2, 0) is 4.74 Å². The molecule has 5 heteroatoms. The third kappa shape index (κ3) is 2.10. The summed E-state index contributed by atoms with van der Waals surface area (Å²) in [4.78, 5) is 13.7. The zero-order chi connectivity index (χ0) is 13.6. The standard InChI is InChI=1S/C13H24N2O3/c1-11(2,3)18-10(17)15-5-4-12(8-15)6-13(12,7-14)9-16/h16H,4-9,14H2,1-3H3. The maximum absolute atomic E-state index is 12.0. The van der Waals surface area contributed by atoms with Crippen molar-refractivity contribution < 1.29 is 14.6 Å². The molecule has 3 N–H and O–H groups in total. The maximum Gasteiger partial charge on any atom is 0.410 e. The number of hydrogen-bond acceptors (Lipinski definition) is 4. The summed E-state index contributed by atoms with van der Waals surface area (Å²) >= 11 is 0. The lowest BCUT2D eigenvalue weighted by Crippen LogP contribution is -2.36. The van der Waals surface area contributed by atoms with E-state index in [2.05, 4.69) is 0 Å². The van der Waals surface area contributed by atoms with Crippen LogP contribution < -0.4 is 5.73 Å². The maximum atomic E-state index is 12.0. The summed E-state index contributed by atoms with van der Waals surface area (Å²) in [5.41, 5.74) is 5.17. The van der Waals surface area contributed by atoms with Gasteiger partial charge >= 0.3 is 6.09 Å².